The number of nitrogens with zero attached hydrogens (tertiary/aromatic N) is 2. The van der Waals surface area contributed by atoms with E-state index in [4.69, 9.17) is 29.4 Å². The molecular weight excluding hydrogens is 362 g/mol. The van der Waals surface area contributed by atoms with Gasteiger partial charge in [-0.3, -0.25) is 9.80 Å². The average Bonchev–Trinajstić information content (AvgIpc) is 2.70. The van der Waals surface area contributed by atoms with Gasteiger partial charge in [-0.05, 0) is 12.1 Å². The Morgan fingerprint density at radius 3 is 1.61 bits per heavy atom. The highest BCUT2D eigenvalue weighted by Crippen LogP contribution is 2.29. The second-order valence-corrected chi connectivity index (χ2v) is 6.92. The van der Waals surface area contributed by atoms with Crippen molar-refractivity contribution in [1.82, 2.24) is 9.80 Å². The summed E-state index contributed by atoms with van der Waals surface area (Å²) in [5.41, 5.74) is 6.61. The van der Waals surface area contributed by atoms with Crippen molar-refractivity contribution in [1.29, 1.82) is 0 Å². The molecule has 1 aromatic rings. The minimum absolute atomic E-state index is 0.551. The van der Waals surface area contributed by atoms with Gasteiger partial charge in [-0.25, -0.2) is 0 Å². The van der Waals surface area contributed by atoms with Crippen LogP contribution in [0.15, 0.2) is 18.2 Å². The summed E-state index contributed by atoms with van der Waals surface area (Å²) in [5.74, 6) is 1.42. The van der Waals surface area contributed by atoms with Gasteiger partial charge < -0.3 is 29.4 Å². The number of nitrogen functional groups attached to an aromatic ring is 1. The van der Waals surface area contributed by atoms with Gasteiger partial charge in [0.15, 0.2) is 11.5 Å². The Bertz CT molecular complexity index is 575. The van der Waals surface area contributed by atoms with Gasteiger partial charge >= 0.3 is 0 Å². The lowest BCUT2D eigenvalue weighted by Crippen LogP contribution is -2.36. The monoisotopic (exact) mass is 395 g/mol. The minimum atomic E-state index is 0.551. The van der Waals surface area contributed by atoms with E-state index in [0.717, 1.165) is 45.0 Å². The molecule has 2 N–H and O–H groups in total. The van der Waals surface area contributed by atoms with Gasteiger partial charge in [0.1, 0.15) is 13.2 Å². The smallest absolute Gasteiger partial charge is 0.163 e. The molecule has 2 bridgehead atoms. The van der Waals surface area contributed by atoms with Crippen LogP contribution in [0.4, 0.5) is 5.69 Å². The van der Waals surface area contributed by atoms with Crippen LogP contribution in [0.25, 0.3) is 0 Å². The zero-order valence-corrected chi connectivity index (χ0v) is 16.6. The third-order valence-electron chi connectivity index (χ3n) is 4.88. The molecule has 2 heterocycles. The summed E-state index contributed by atoms with van der Waals surface area (Å²) in [4.78, 5) is 4.60. The predicted molar refractivity (Wildman–Crippen MR) is 107 cm³/mol. The van der Waals surface area contributed by atoms with Gasteiger partial charge in [0.05, 0.1) is 39.6 Å². The zero-order chi connectivity index (χ0) is 19.4. The third-order valence-corrected chi connectivity index (χ3v) is 4.88. The van der Waals surface area contributed by atoms with Crippen LogP contribution in [-0.4, -0.2) is 102 Å². The predicted octanol–water partition coefficient (Wildman–Crippen LogP) is 0.707. The van der Waals surface area contributed by atoms with Crippen LogP contribution in [0, 0.1) is 0 Å². The molecule has 0 saturated carbocycles. The number of hydrogen-bond acceptors (Lipinski definition) is 8. The van der Waals surface area contributed by atoms with Crippen LogP contribution in [0.1, 0.15) is 0 Å². The Hall–Kier alpha value is -1.58. The van der Waals surface area contributed by atoms with Crippen LogP contribution in [-0.2, 0) is 14.2 Å². The Morgan fingerprint density at radius 2 is 1.04 bits per heavy atom. The fourth-order valence-electron chi connectivity index (χ4n) is 3.20. The summed E-state index contributed by atoms with van der Waals surface area (Å²) in [6.07, 6.45) is 0. The molecule has 8 nitrogen and oxygen atoms in total. The second kappa shape index (κ2) is 12.1. The maximum Gasteiger partial charge on any atom is 0.163 e. The summed E-state index contributed by atoms with van der Waals surface area (Å²) in [6.45, 7) is 10.1. The topological polar surface area (TPSA) is 78.7 Å². The van der Waals surface area contributed by atoms with Gasteiger partial charge in [0, 0.05) is 51.0 Å². The first kappa shape index (κ1) is 21.1. The van der Waals surface area contributed by atoms with E-state index in [1.165, 1.54) is 0 Å². The summed E-state index contributed by atoms with van der Waals surface area (Å²) in [5, 5.41) is 0. The largest absolute Gasteiger partial charge is 0.488 e. The molecule has 2 aliphatic rings. The van der Waals surface area contributed by atoms with Crippen LogP contribution < -0.4 is 15.2 Å². The van der Waals surface area contributed by atoms with Crippen molar-refractivity contribution in [2.24, 2.45) is 0 Å². The van der Waals surface area contributed by atoms with Crippen molar-refractivity contribution in [3.05, 3.63) is 18.2 Å². The Balaban J connectivity index is 1.72. The van der Waals surface area contributed by atoms with Gasteiger partial charge in [0.2, 0.25) is 0 Å². The maximum atomic E-state index is 6.00. The SMILES string of the molecule is Nc1ccc2c(c1)OCCN1CCOCCOCCN(CCOCC1)CCO2. The standard InChI is InChI=1S/C20H33N3O5/c21-18-1-2-19-20(17-18)28-14-8-23-4-10-24-9-3-22(7-13-27-19)5-11-25-15-16-26-12-6-23/h1-2,17H,3-16,21H2. The van der Waals surface area contributed by atoms with Gasteiger partial charge in [-0.1, -0.05) is 0 Å². The molecule has 1 aromatic carbocycles. The lowest BCUT2D eigenvalue weighted by atomic mass is 10.3. The van der Waals surface area contributed by atoms with Crippen molar-refractivity contribution in [2.75, 3.05) is 97.9 Å². The van der Waals surface area contributed by atoms with E-state index in [2.05, 4.69) is 9.80 Å². The third kappa shape index (κ3) is 7.44. The number of hydrogen-bond donors (Lipinski definition) is 1. The molecule has 0 aromatic heterocycles. The number of benzene rings is 1. The highest BCUT2D eigenvalue weighted by Gasteiger charge is 2.12. The van der Waals surface area contributed by atoms with Gasteiger partial charge in [-0.2, -0.15) is 0 Å². The van der Waals surface area contributed by atoms with E-state index in [0.29, 0.717) is 64.3 Å². The highest BCUT2D eigenvalue weighted by atomic mass is 16.5. The molecule has 2 aliphatic heterocycles. The number of nitrogens with two attached hydrogens (primary N) is 1. The first-order valence-corrected chi connectivity index (χ1v) is 10.1. The summed E-state index contributed by atoms with van der Waals surface area (Å²) in [6, 6.07) is 5.54. The van der Waals surface area contributed by atoms with Crippen molar-refractivity contribution < 1.29 is 23.7 Å². The van der Waals surface area contributed by atoms with Crippen LogP contribution >= 0.6 is 0 Å². The number of rotatable bonds is 0. The van der Waals surface area contributed by atoms with E-state index in [-0.39, 0.29) is 0 Å². The van der Waals surface area contributed by atoms with E-state index >= 15 is 0 Å². The lowest BCUT2D eigenvalue weighted by Gasteiger charge is -2.22. The molecule has 158 valence electrons. The molecule has 1 fully saturated rings. The molecular formula is C20H33N3O5. The van der Waals surface area contributed by atoms with Crippen molar-refractivity contribution in [3.63, 3.8) is 0 Å². The molecule has 2 atom stereocenters. The number of fused-ring (bicyclic) bond motifs is 7. The minimum Gasteiger partial charge on any atom is -0.488 e. The molecule has 3 rings (SSSR count). The highest BCUT2D eigenvalue weighted by molar-refractivity contribution is 5.52. The van der Waals surface area contributed by atoms with Crippen molar-refractivity contribution in [3.8, 4) is 11.5 Å². The van der Waals surface area contributed by atoms with Gasteiger partial charge in [-0.15, -0.1) is 0 Å². The van der Waals surface area contributed by atoms with Crippen LogP contribution in [0.3, 0.4) is 0 Å². The quantitative estimate of drug-likeness (QED) is 0.508. The molecule has 0 radical (unpaired) electrons. The maximum absolute atomic E-state index is 6.00. The lowest BCUT2D eigenvalue weighted by molar-refractivity contribution is 0.0299. The molecule has 28 heavy (non-hydrogen) atoms. The number of ether oxygens (including phenoxy) is 5. The van der Waals surface area contributed by atoms with E-state index < -0.39 is 0 Å². The number of anilines is 1. The van der Waals surface area contributed by atoms with E-state index in [1.54, 1.807) is 0 Å². The van der Waals surface area contributed by atoms with E-state index in [9.17, 15) is 0 Å². The summed E-state index contributed by atoms with van der Waals surface area (Å²) in [7, 11) is 0. The second-order valence-electron chi connectivity index (χ2n) is 6.92. The molecule has 8 heteroatoms. The fraction of sp³-hybridized carbons (Fsp3) is 0.700. The molecule has 0 amide bonds. The first-order chi connectivity index (χ1) is 13.8. The van der Waals surface area contributed by atoms with Crippen molar-refractivity contribution in [2.45, 2.75) is 0 Å². The zero-order valence-electron chi connectivity index (χ0n) is 16.6. The van der Waals surface area contributed by atoms with Crippen molar-refractivity contribution >= 4 is 5.69 Å². The molecule has 1 saturated heterocycles. The van der Waals surface area contributed by atoms with Crippen LogP contribution in [0.5, 0.6) is 11.5 Å². The Labute approximate surface area is 167 Å². The molecule has 0 aliphatic carbocycles. The van der Waals surface area contributed by atoms with E-state index in [1.807, 2.05) is 18.2 Å². The average molecular weight is 396 g/mol. The first-order valence-electron chi connectivity index (χ1n) is 10.1. The Morgan fingerprint density at radius 1 is 0.571 bits per heavy atom. The fourth-order valence-corrected chi connectivity index (χ4v) is 3.20. The van der Waals surface area contributed by atoms with Gasteiger partial charge in [0.25, 0.3) is 0 Å². The molecule has 0 spiro atoms. The Kier molecular flexibility index (Phi) is 9.12. The molecule has 2 unspecified atom stereocenters. The summed E-state index contributed by atoms with van der Waals surface area (Å²) >= 11 is 0. The van der Waals surface area contributed by atoms with Crippen LogP contribution in [0.2, 0.25) is 0 Å². The summed E-state index contributed by atoms with van der Waals surface area (Å²) < 4.78 is 29.3. The normalized spacial score (nSPS) is 26.3.